The number of aliphatic imine (C=N–C) groups is 1. The quantitative estimate of drug-likeness (QED) is 0.277. The zero-order valence-electron chi connectivity index (χ0n) is 9.20. The lowest BCUT2D eigenvalue weighted by Crippen LogP contribution is -2.15. The van der Waals surface area contributed by atoms with Crippen molar-refractivity contribution in [3.63, 3.8) is 0 Å². The summed E-state index contributed by atoms with van der Waals surface area (Å²) in [5.74, 6) is -0.526. The maximum atomic E-state index is 11.6. The second-order valence-corrected chi connectivity index (χ2v) is 5.39. The first-order valence-electron chi connectivity index (χ1n) is 4.94. The normalized spacial score (nSPS) is 21.4. The Morgan fingerprint density at radius 2 is 2.44 bits per heavy atom. The van der Waals surface area contributed by atoms with E-state index >= 15 is 0 Å². The molecule has 0 radical (unpaired) electrons. The van der Waals surface area contributed by atoms with Crippen LogP contribution < -0.4 is 0 Å². The van der Waals surface area contributed by atoms with Gasteiger partial charge in [-0.15, -0.1) is 0 Å². The zero-order valence-corrected chi connectivity index (χ0v) is 12.2. The number of ether oxygens (including phenoxy) is 1. The smallest absolute Gasteiger partial charge is 0.344 e. The molecular formula is C10H14INO3S. The molecule has 0 spiro atoms. The minimum Gasteiger partial charge on any atom is -0.512 e. The van der Waals surface area contributed by atoms with Crippen molar-refractivity contribution in [1.82, 2.24) is 0 Å². The van der Waals surface area contributed by atoms with Crippen molar-refractivity contribution >= 4 is 45.4 Å². The second kappa shape index (κ2) is 6.48. The van der Waals surface area contributed by atoms with E-state index in [1.54, 1.807) is 6.92 Å². The van der Waals surface area contributed by atoms with Gasteiger partial charge in [-0.25, -0.2) is 4.79 Å². The van der Waals surface area contributed by atoms with Crippen LogP contribution in [0.4, 0.5) is 0 Å². The first-order valence-corrected chi connectivity index (χ1v) is 7.35. The molecule has 1 rings (SSSR count). The van der Waals surface area contributed by atoms with Crippen molar-refractivity contribution in [2.45, 2.75) is 19.1 Å². The summed E-state index contributed by atoms with van der Waals surface area (Å²) < 4.78 is 5.86. The Labute approximate surface area is 113 Å². The highest BCUT2D eigenvalue weighted by Gasteiger charge is 2.27. The minimum absolute atomic E-state index is 0.0289. The molecule has 0 aliphatic carbocycles. The van der Waals surface area contributed by atoms with Crippen LogP contribution >= 0.6 is 34.4 Å². The number of thioether (sulfide) groups is 1. The number of carbonyl (C=O) groups excluding carboxylic acids is 1. The van der Waals surface area contributed by atoms with E-state index in [1.165, 1.54) is 18.7 Å². The van der Waals surface area contributed by atoms with Crippen LogP contribution in [0, 0.1) is 0 Å². The van der Waals surface area contributed by atoms with Crippen LogP contribution in [0.5, 0.6) is 0 Å². The number of nitrogens with zero attached hydrogens (tertiary/aromatic N) is 1. The molecule has 1 heterocycles. The molecular weight excluding hydrogens is 341 g/mol. The molecule has 16 heavy (non-hydrogen) atoms. The van der Waals surface area contributed by atoms with Gasteiger partial charge < -0.3 is 9.84 Å². The molecule has 0 bridgehead atoms. The highest BCUT2D eigenvalue weighted by Crippen LogP contribution is 2.28. The summed E-state index contributed by atoms with van der Waals surface area (Å²) >= 11 is 3.81. The molecule has 90 valence electrons. The average molecular weight is 355 g/mol. The molecule has 1 aliphatic rings. The predicted molar refractivity (Wildman–Crippen MR) is 74.5 cm³/mol. The van der Waals surface area contributed by atoms with Gasteiger partial charge in [-0.1, -0.05) is 34.4 Å². The molecule has 4 nitrogen and oxygen atoms in total. The van der Waals surface area contributed by atoms with E-state index in [1.807, 2.05) is 0 Å². The van der Waals surface area contributed by atoms with Crippen molar-refractivity contribution in [1.29, 1.82) is 0 Å². The highest BCUT2D eigenvalue weighted by atomic mass is 127. The van der Waals surface area contributed by atoms with Crippen LogP contribution in [0.1, 0.15) is 13.8 Å². The molecule has 1 unspecified atom stereocenters. The topological polar surface area (TPSA) is 58.9 Å². The van der Waals surface area contributed by atoms with Crippen molar-refractivity contribution in [3.8, 4) is 0 Å². The lowest BCUT2D eigenvalue weighted by Gasteiger charge is -2.08. The standard InChI is InChI=1S/C10H14INO3S/c1-3-15-10(14)8(6(2)13)9-12-5-7(4-11)16-9/h7,13H,3-5H2,1-2H3/b8-6+. The number of allylic oxidation sites excluding steroid dienone is 1. The third kappa shape index (κ3) is 3.38. The van der Waals surface area contributed by atoms with E-state index < -0.39 is 5.97 Å². The number of aliphatic hydroxyl groups is 1. The van der Waals surface area contributed by atoms with E-state index in [0.29, 0.717) is 23.4 Å². The van der Waals surface area contributed by atoms with Gasteiger partial charge in [0.15, 0.2) is 0 Å². The Balaban J connectivity index is 2.82. The van der Waals surface area contributed by atoms with Crippen molar-refractivity contribution in [2.24, 2.45) is 4.99 Å². The number of hydrogen-bond donors (Lipinski definition) is 1. The molecule has 0 aromatic rings. The lowest BCUT2D eigenvalue weighted by atomic mass is 10.2. The maximum absolute atomic E-state index is 11.6. The van der Waals surface area contributed by atoms with Gasteiger partial charge in [0.25, 0.3) is 0 Å². The number of esters is 1. The van der Waals surface area contributed by atoms with Gasteiger partial charge in [-0.2, -0.15) is 0 Å². The molecule has 0 saturated carbocycles. The summed E-state index contributed by atoms with van der Waals surface area (Å²) in [7, 11) is 0. The SMILES string of the molecule is CCOC(=O)/C(C1=NCC(CI)S1)=C(\C)O. The molecule has 0 aromatic heterocycles. The largest absolute Gasteiger partial charge is 0.512 e. The summed E-state index contributed by atoms with van der Waals surface area (Å²) in [6.07, 6.45) is 0. The third-order valence-electron chi connectivity index (χ3n) is 1.94. The second-order valence-electron chi connectivity index (χ2n) is 3.22. The number of rotatable bonds is 4. The van der Waals surface area contributed by atoms with Gasteiger partial charge in [0.2, 0.25) is 0 Å². The summed E-state index contributed by atoms with van der Waals surface area (Å²) in [6, 6.07) is 0. The molecule has 6 heteroatoms. The monoisotopic (exact) mass is 355 g/mol. The summed E-state index contributed by atoms with van der Waals surface area (Å²) in [6.45, 7) is 4.20. The van der Waals surface area contributed by atoms with Crippen LogP contribution in [0.3, 0.4) is 0 Å². The van der Waals surface area contributed by atoms with E-state index in [2.05, 4.69) is 27.6 Å². The summed E-state index contributed by atoms with van der Waals surface area (Å²) in [5.41, 5.74) is 0.208. The average Bonchev–Trinajstić information content (AvgIpc) is 2.66. The van der Waals surface area contributed by atoms with Crippen LogP contribution in [0.15, 0.2) is 16.3 Å². The third-order valence-corrected chi connectivity index (χ3v) is 4.81. The van der Waals surface area contributed by atoms with Gasteiger partial charge in [-0.05, 0) is 13.8 Å². The van der Waals surface area contributed by atoms with E-state index in [4.69, 9.17) is 4.74 Å². The van der Waals surface area contributed by atoms with Gasteiger partial charge in [0.05, 0.1) is 13.2 Å². The van der Waals surface area contributed by atoms with Crippen molar-refractivity contribution < 1.29 is 14.6 Å². The van der Waals surface area contributed by atoms with Crippen LogP contribution in [-0.2, 0) is 9.53 Å². The number of aliphatic hydroxyl groups excluding tert-OH is 1. The van der Waals surface area contributed by atoms with Crippen LogP contribution in [0.25, 0.3) is 0 Å². The van der Waals surface area contributed by atoms with Gasteiger partial charge in [0, 0.05) is 9.68 Å². The van der Waals surface area contributed by atoms with Gasteiger partial charge in [-0.3, -0.25) is 4.99 Å². The first kappa shape index (κ1) is 13.8. The summed E-state index contributed by atoms with van der Waals surface area (Å²) in [5, 5.41) is 10.5. The summed E-state index contributed by atoms with van der Waals surface area (Å²) in [4.78, 5) is 15.9. The number of halogens is 1. The fourth-order valence-electron chi connectivity index (χ4n) is 1.23. The molecule has 1 N–H and O–H groups in total. The molecule has 0 fully saturated rings. The molecule has 1 atom stereocenters. The Morgan fingerprint density at radius 3 is 2.88 bits per heavy atom. The van der Waals surface area contributed by atoms with Crippen molar-refractivity contribution in [3.05, 3.63) is 11.3 Å². The number of hydrogen-bond acceptors (Lipinski definition) is 5. The Hall–Kier alpha value is -0.240. The number of carbonyl (C=O) groups is 1. The fraction of sp³-hybridized carbons (Fsp3) is 0.600. The lowest BCUT2D eigenvalue weighted by molar-refractivity contribution is -0.138. The fourth-order valence-corrected chi connectivity index (χ4v) is 3.07. The maximum Gasteiger partial charge on any atom is 0.344 e. The zero-order chi connectivity index (χ0) is 12.1. The van der Waals surface area contributed by atoms with Crippen LogP contribution in [0.2, 0.25) is 0 Å². The Morgan fingerprint density at radius 1 is 1.75 bits per heavy atom. The number of alkyl halides is 1. The first-order chi connectivity index (χ1) is 7.60. The van der Waals surface area contributed by atoms with Crippen molar-refractivity contribution in [2.75, 3.05) is 17.6 Å². The molecule has 0 aromatic carbocycles. The molecule has 1 aliphatic heterocycles. The molecule has 0 amide bonds. The van der Waals surface area contributed by atoms with E-state index in [0.717, 1.165) is 4.43 Å². The highest BCUT2D eigenvalue weighted by molar-refractivity contribution is 14.1. The Kier molecular flexibility index (Phi) is 5.60. The molecule has 0 saturated heterocycles. The Bertz CT molecular complexity index is 337. The van der Waals surface area contributed by atoms with E-state index in [9.17, 15) is 9.90 Å². The minimum atomic E-state index is -0.497. The van der Waals surface area contributed by atoms with Gasteiger partial charge >= 0.3 is 5.97 Å². The van der Waals surface area contributed by atoms with Gasteiger partial charge in [0.1, 0.15) is 16.4 Å². The van der Waals surface area contributed by atoms with Crippen LogP contribution in [-0.4, -0.2) is 38.9 Å². The van der Waals surface area contributed by atoms with E-state index in [-0.39, 0.29) is 11.3 Å². The predicted octanol–water partition coefficient (Wildman–Crippen LogP) is 2.33.